The molecule has 2 saturated heterocycles. The number of carbonyl (C=O) groups excluding carboxylic acids is 1. The zero-order valence-corrected chi connectivity index (χ0v) is 16.8. The van der Waals surface area contributed by atoms with Gasteiger partial charge in [0.1, 0.15) is 12.5 Å². The second-order valence-corrected chi connectivity index (χ2v) is 8.04. The summed E-state index contributed by atoms with van der Waals surface area (Å²) in [5.74, 6) is -0.0414. The number of nitrogens with zero attached hydrogens (tertiary/aromatic N) is 2. The summed E-state index contributed by atoms with van der Waals surface area (Å²) in [6.07, 6.45) is 1.64. The molecule has 3 atom stereocenters. The van der Waals surface area contributed by atoms with Crippen molar-refractivity contribution in [2.24, 2.45) is 0 Å². The molecule has 0 saturated carbocycles. The number of morpholine rings is 1. The van der Waals surface area contributed by atoms with Gasteiger partial charge in [0.05, 0.1) is 24.0 Å². The molecule has 1 aromatic carbocycles. The Labute approximate surface area is 161 Å². The Morgan fingerprint density at radius 1 is 1.27 bits per heavy atom. The zero-order valence-electron chi connectivity index (χ0n) is 15.2. The zero-order chi connectivity index (χ0) is 18.4. The predicted molar refractivity (Wildman–Crippen MR) is 103 cm³/mol. The first kappa shape index (κ1) is 17.9. The third kappa shape index (κ3) is 3.27. The average molecular weight is 422 g/mol. The van der Waals surface area contributed by atoms with Crippen molar-refractivity contribution in [2.45, 2.75) is 39.3 Å². The van der Waals surface area contributed by atoms with Gasteiger partial charge in [0, 0.05) is 23.8 Å². The van der Waals surface area contributed by atoms with Gasteiger partial charge in [-0.25, -0.2) is 5.43 Å². The van der Waals surface area contributed by atoms with Crippen molar-refractivity contribution in [3.63, 3.8) is 0 Å². The largest absolute Gasteiger partial charge is 0.376 e. The van der Waals surface area contributed by atoms with Crippen LogP contribution >= 0.6 is 15.9 Å². The van der Waals surface area contributed by atoms with Crippen LogP contribution in [0.15, 0.2) is 28.4 Å². The lowest BCUT2D eigenvalue weighted by Gasteiger charge is -2.41. The van der Waals surface area contributed by atoms with Crippen LogP contribution in [0, 0.1) is 13.8 Å². The number of amides is 1. The second-order valence-electron chi connectivity index (χ2n) is 7.12. The van der Waals surface area contributed by atoms with Crippen LogP contribution in [0.1, 0.15) is 18.1 Å². The number of benzene rings is 1. The van der Waals surface area contributed by atoms with Gasteiger partial charge in [-0.05, 0) is 44.0 Å². The molecule has 0 aromatic heterocycles. The molecule has 26 heavy (non-hydrogen) atoms. The van der Waals surface area contributed by atoms with Gasteiger partial charge < -0.3 is 10.1 Å². The van der Waals surface area contributed by atoms with Crippen molar-refractivity contribution in [2.75, 3.05) is 24.7 Å². The summed E-state index contributed by atoms with van der Waals surface area (Å²) in [7, 11) is 0. The minimum absolute atomic E-state index is 0.0414. The maximum absolute atomic E-state index is 12.7. The van der Waals surface area contributed by atoms with Crippen molar-refractivity contribution >= 4 is 27.5 Å². The van der Waals surface area contributed by atoms with Gasteiger partial charge in [-0.3, -0.25) is 20.0 Å². The summed E-state index contributed by atoms with van der Waals surface area (Å²) in [5.41, 5.74) is 7.46. The van der Waals surface area contributed by atoms with E-state index in [4.69, 9.17) is 4.74 Å². The quantitative estimate of drug-likeness (QED) is 0.668. The number of ether oxygens (including phenoxy) is 1. The number of rotatable bonds is 2. The van der Waals surface area contributed by atoms with Crippen molar-refractivity contribution in [1.82, 2.24) is 21.0 Å². The van der Waals surface area contributed by atoms with Gasteiger partial charge in [0.25, 0.3) is 5.91 Å². The molecular weight excluding hydrogens is 398 g/mol. The Balaban J connectivity index is 1.54. The molecule has 0 aliphatic carbocycles. The van der Waals surface area contributed by atoms with Gasteiger partial charge in [-0.15, -0.1) is 0 Å². The molecule has 0 bridgehead atoms. The summed E-state index contributed by atoms with van der Waals surface area (Å²) in [5, 5.41) is 8.51. The number of nitrogens with one attached hydrogen (secondary N) is 3. The third-order valence-electron chi connectivity index (χ3n) is 5.04. The Bertz CT molecular complexity index is 745. The maximum Gasteiger partial charge on any atom is 0.254 e. The van der Waals surface area contributed by atoms with E-state index in [1.807, 2.05) is 11.2 Å². The molecule has 3 N–H and O–H groups in total. The number of hydrogen-bond donors (Lipinski definition) is 3. The molecule has 3 heterocycles. The predicted octanol–water partition coefficient (Wildman–Crippen LogP) is 1.32. The molecule has 3 aliphatic heterocycles. The van der Waals surface area contributed by atoms with Crippen LogP contribution in [-0.4, -0.2) is 49.1 Å². The van der Waals surface area contributed by atoms with Crippen LogP contribution in [0.4, 0.5) is 5.69 Å². The maximum atomic E-state index is 12.7. The van der Waals surface area contributed by atoms with E-state index >= 15 is 0 Å². The molecule has 8 heteroatoms. The van der Waals surface area contributed by atoms with Gasteiger partial charge in [-0.2, -0.15) is 0 Å². The van der Waals surface area contributed by atoms with Crippen molar-refractivity contribution in [3.05, 3.63) is 39.5 Å². The van der Waals surface area contributed by atoms with Crippen LogP contribution in [0.25, 0.3) is 0 Å². The van der Waals surface area contributed by atoms with Crippen LogP contribution in [0.2, 0.25) is 0 Å². The van der Waals surface area contributed by atoms with E-state index in [2.05, 4.69) is 69.8 Å². The van der Waals surface area contributed by atoms with Gasteiger partial charge in [0.15, 0.2) is 0 Å². The first-order valence-electron chi connectivity index (χ1n) is 8.89. The molecule has 2 fully saturated rings. The van der Waals surface area contributed by atoms with Gasteiger partial charge in [-0.1, -0.05) is 15.9 Å². The molecule has 1 amide bonds. The molecule has 2 unspecified atom stereocenters. The second kappa shape index (κ2) is 6.94. The molecule has 7 nitrogen and oxygen atoms in total. The fraction of sp³-hybridized carbons (Fsp3) is 0.500. The van der Waals surface area contributed by atoms with E-state index in [0.29, 0.717) is 12.2 Å². The lowest BCUT2D eigenvalue weighted by molar-refractivity contribution is -0.124. The molecule has 1 aromatic rings. The lowest BCUT2D eigenvalue weighted by Crippen LogP contribution is -2.68. The normalized spacial score (nSPS) is 29.4. The Morgan fingerprint density at radius 2 is 2.00 bits per heavy atom. The molecule has 0 radical (unpaired) electrons. The first-order valence-corrected chi connectivity index (χ1v) is 9.68. The van der Waals surface area contributed by atoms with Crippen LogP contribution in [0.3, 0.4) is 0 Å². The molecule has 0 spiro atoms. The fourth-order valence-electron chi connectivity index (χ4n) is 3.87. The number of carbonyl (C=O) groups is 1. The Morgan fingerprint density at radius 3 is 2.69 bits per heavy atom. The average Bonchev–Trinajstić information content (AvgIpc) is 2.98. The standard InChI is InChI=1S/C18H24BrN5O2/c1-10-6-13(19)7-11(2)15(10)24-9-14-16(22-24)20-18(21-17(14)25)23-4-5-26-12(3)8-23/h6-7,9,12,16,18,20,22H,4-5,8H2,1-3H3,(H,21,25)/t12-,16?,18?/m0/s1. The highest BCUT2D eigenvalue weighted by Gasteiger charge is 2.39. The number of fused-ring (bicyclic) bond motifs is 1. The van der Waals surface area contributed by atoms with E-state index in [1.54, 1.807) is 0 Å². The number of halogens is 1. The molecular formula is C18H24BrN5O2. The SMILES string of the molecule is Cc1cc(Br)cc(C)c1N1C=C2C(=O)NC(N3CCO[C@@H](C)C3)NC2N1. The van der Waals surface area contributed by atoms with E-state index in [1.165, 1.54) is 0 Å². The summed E-state index contributed by atoms with van der Waals surface area (Å²) < 4.78 is 6.66. The van der Waals surface area contributed by atoms with E-state index in [9.17, 15) is 4.79 Å². The van der Waals surface area contributed by atoms with Crippen LogP contribution < -0.4 is 21.1 Å². The third-order valence-corrected chi connectivity index (χ3v) is 5.49. The highest BCUT2D eigenvalue weighted by Crippen LogP contribution is 2.31. The number of aryl methyl sites for hydroxylation is 2. The monoisotopic (exact) mass is 421 g/mol. The summed E-state index contributed by atoms with van der Waals surface area (Å²) in [4.78, 5) is 14.9. The van der Waals surface area contributed by atoms with E-state index in [0.717, 1.165) is 34.4 Å². The highest BCUT2D eigenvalue weighted by atomic mass is 79.9. The van der Waals surface area contributed by atoms with Crippen molar-refractivity contribution in [3.8, 4) is 0 Å². The smallest absolute Gasteiger partial charge is 0.254 e. The summed E-state index contributed by atoms with van der Waals surface area (Å²) >= 11 is 3.54. The summed E-state index contributed by atoms with van der Waals surface area (Å²) in [6, 6.07) is 4.16. The fourth-order valence-corrected chi connectivity index (χ4v) is 4.56. The van der Waals surface area contributed by atoms with Gasteiger partial charge in [0.2, 0.25) is 0 Å². The minimum Gasteiger partial charge on any atom is -0.376 e. The number of anilines is 1. The van der Waals surface area contributed by atoms with Crippen molar-refractivity contribution < 1.29 is 9.53 Å². The number of hydrogen-bond acceptors (Lipinski definition) is 6. The molecule has 140 valence electrons. The van der Waals surface area contributed by atoms with Crippen molar-refractivity contribution in [1.29, 1.82) is 0 Å². The van der Waals surface area contributed by atoms with E-state index in [-0.39, 0.29) is 24.5 Å². The molecule has 3 aliphatic rings. The number of hydrazine groups is 1. The minimum atomic E-state index is -0.214. The van der Waals surface area contributed by atoms with Gasteiger partial charge >= 0.3 is 0 Å². The molecule has 4 rings (SSSR count). The highest BCUT2D eigenvalue weighted by molar-refractivity contribution is 9.10. The Kier molecular flexibility index (Phi) is 4.79. The lowest BCUT2D eigenvalue weighted by atomic mass is 10.1. The topological polar surface area (TPSA) is 68.9 Å². The van der Waals surface area contributed by atoms with Crippen LogP contribution in [-0.2, 0) is 9.53 Å². The Hall–Kier alpha value is -1.45. The first-order chi connectivity index (χ1) is 12.4. The summed E-state index contributed by atoms with van der Waals surface area (Å²) in [6.45, 7) is 8.46. The van der Waals surface area contributed by atoms with E-state index < -0.39 is 0 Å². The van der Waals surface area contributed by atoms with Crippen LogP contribution in [0.5, 0.6) is 0 Å².